The molecule has 1 amide bonds. The van der Waals surface area contributed by atoms with E-state index >= 15 is 0 Å². The van der Waals surface area contributed by atoms with Crippen molar-refractivity contribution in [2.75, 3.05) is 13.1 Å². The molecule has 0 spiro atoms. The third-order valence-electron chi connectivity index (χ3n) is 3.17. The Kier molecular flexibility index (Phi) is 3.68. The van der Waals surface area contributed by atoms with Crippen LogP contribution in [0.4, 0.5) is 0 Å². The number of benzene rings is 1. The van der Waals surface area contributed by atoms with Gasteiger partial charge in [-0.05, 0) is 25.0 Å². The van der Waals surface area contributed by atoms with Crippen molar-refractivity contribution >= 4 is 16.0 Å². The van der Waals surface area contributed by atoms with Gasteiger partial charge in [0.25, 0.3) is 16.0 Å². The highest BCUT2D eigenvalue weighted by Gasteiger charge is 2.30. The first-order chi connectivity index (χ1) is 8.48. The summed E-state index contributed by atoms with van der Waals surface area (Å²) >= 11 is 0. The van der Waals surface area contributed by atoms with Gasteiger partial charge in [0.2, 0.25) is 0 Å². The van der Waals surface area contributed by atoms with Gasteiger partial charge in [0, 0.05) is 18.7 Å². The Morgan fingerprint density at radius 1 is 1.17 bits per heavy atom. The van der Waals surface area contributed by atoms with Crippen molar-refractivity contribution in [3.63, 3.8) is 0 Å². The minimum atomic E-state index is -3.98. The Labute approximate surface area is 106 Å². The molecule has 6 heteroatoms. The molecule has 2 rings (SSSR count). The molecular weight excluding hydrogens is 254 g/mol. The minimum absolute atomic E-state index is 0.0932. The second-order valence-corrected chi connectivity index (χ2v) is 6.07. The van der Waals surface area contributed by atoms with Crippen molar-refractivity contribution in [3.05, 3.63) is 35.9 Å². The van der Waals surface area contributed by atoms with Crippen LogP contribution in [0.25, 0.3) is 0 Å². The first-order valence-electron chi connectivity index (χ1n) is 5.79. The van der Waals surface area contributed by atoms with E-state index in [0.29, 0.717) is 18.7 Å². The van der Waals surface area contributed by atoms with Crippen molar-refractivity contribution < 1.29 is 17.8 Å². The third-order valence-corrected chi connectivity index (χ3v) is 4.49. The maximum atomic E-state index is 12.1. The molecule has 98 valence electrons. The summed E-state index contributed by atoms with van der Waals surface area (Å²) in [6, 6.07) is 8.88. The van der Waals surface area contributed by atoms with Gasteiger partial charge in [-0.2, -0.15) is 8.42 Å². The van der Waals surface area contributed by atoms with Crippen molar-refractivity contribution in [3.8, 4) is 0 Å². The predicted molar refractivity (Wildman–Crippen MR) is 66.9 cm³/mol. The van der Waals surface area contributed by atoms with E-state index in [0.717, 1.165) is 0 Å². The average Bonchev–Trinajstić information content (AvgIpc) is 2.38. The van der Waals surface area contributed by atoms with Gasteiger partial charge in [0.05, 0.1) is 5.25 Å². The molecule has 1 fully saturated rings. The number of piperidine rings is 1. The number of amides is 1. The van der Waals surface area contributed by atoms with E-state index in [-0.39, 0.29) is 18.7 Å². The van der Waals surface area contributed by atoms with Gasteiger partial charge in [-0.1, -0.05) is 18.2 Å². The van der Waals surface area contributed by atoms with Crippen molar-refractivity contribution in [1.82, 2.24) is 4.90 Å². The highest BCUT2D eigenvalue weighted by molar-refractivity contribution is 7.86. The first-order valence-corrected chi connectivity index (χ1v) is 7.29. The van der Waals surface area contributed by atoms with Crippen LogP contribution in [0.3, 0.4) is 0 Å². The highest BCUT2D eigenvalue weighted by atomic mass is 32.2. The summed E-state index contributed by atoms with van der Waals surface area (Å²) in [5, 5.41) is -0.739. The fourth-order valence-electron chi connectivity index (χ4n) is 2.12. The average molecular weight is 269 g/mol. The number of carbonyl (C=O) groups is 1. The van der Waals surface area contributed by atoms with Gasteiger partial charge in [-0.3, -0.25) is 9.35 Å². The van der Waals surface area contributed by atoms with E-state index in [1.54, 1.807) is 29.2 Å². The monoisotopic (exact) mass is 269 g/mol. The molecule has 1 aromatic rings. The van der Waals surface area contributed by atoms with Crippen LogP contribution in [0.2, 0.25) is 0 Å². The highest BCUT2D eigenvalue weighted by Crippen LogP contribution is 2.18. The van der Waals surface area contributed by atoms with Crippen LogP contribution in [-0.2, 0) is 10.1 Å². The molecule has 1 heterocycles. The number of carbonyl (C=O) groups excluding carboxylic acids is 1. The van der Waals surface area contributed by atoms with Gasteiger partial charge in [-0.25, -0.2) is 0 Å². The SMILES string of the molecule is O=C(c1ccccc1)N1CCC(S(=O)(=O)O)CC1. The second kappa shape index (κ2) is 5.07. The van der Waals surface area contributed by atoms with Crippen LogP contribution in [0, 0.1) is 0 Å². The lowest BCUT2D eigenvalue weighted by molar-refractivity contribution is 0.0724. The molecule has 1 aromatic carbocycles. The Bertz CT molecular complexity index is 518. The van der Waals surface area contributed by atoms with E-state index < -0.39 is 15.4 Å². The zero-order valence-electron chi connectivity index (χ0n) is 9.82. The molecule has 0 saturated carbocycles. The minimum Gasteiger partial charge on any atom is -0.339 e. The molecule has 0 unspecified atom stereocenters. The quantitative estimate of drug-likeness (QED) is 0.818. The fourth-order valence-corrected chi connectivity index (χ4v) is 2.93. The molecule has 0 radical (unpaired) electrons. The van der Waals surface area contributed by atoms with Crippen molar-refractivity contribution in [2.45, 2.75) is 18.1 Å². The van der Waals surface area contributed by atoms with Gasteiger partial charge in [-0.15, -0.1) is 0 Å². The van der Waals surface area contributed by atoms with E-state index in [1.807, 2.05) is 6.07 Å². The number of hydrogen-bond donors (Lipinski definition) is 1. The van der Waals surface area contributed by atoms with E-state index in [4.69, 9.17) is 4.55 Å². The molecule has 0 aromatic heterocycles. The van der Waals surface area contributed by atoms with Crippen molar-refractivity contribution in [2.24, 2.45) is 0 Å². The molecule has 0 aliphatic carbocycles. The maximum absolute atomic E-state index is 12.1. The standard InChI is InChI=1S/C12H15NO4S/c14-12(10-4-2-1-3-5-10)13-8-6-11(7-9-13)18(15,16)17/h1-5,11H,6-9H2,(H,15,16,17). The summed E-state index contributed by atoms with van der Waals surface area (Å²) in [5.74, 6) is -0.0932. The van der Waals surface area contributed by atoms with Gasteiger partial charge >= 0.3 is 0 Å². The molecule has 18 heavy (non-hydrogen) atoms. The Morgan fingerprint density at radius 3 is 2.22 bits per heavy atom. The van der Waals surface area contributed by atoms with Crippen molar-refractivity contribution in [1.29, 1.82) is 0 Å². The van der Waals surface area contributed by atoms with E-state index in [9.17, 15) is 13.2 Å². The number of hydrogen-bond acceptors (Lipinski definition) is 3. The first kappa shape index (κ1) is 13.0. The lowest BCUT2D eigenvalue weighted by atomic mass is 10.1. The summed E-state index contributed by atoms with van der Waals surface area (Å²) in [5.41, 5.74) is 0.600. The summed E-state index contributed by atoms with van der Waals surface area (Å²) in [7, 11) is -3.98. The van der Waals surface area contributed by atoms with Gasteiger partial charge < -0.3 is 4.90 Å². The summed E-state index contributed by atoms with van der Waals surface area (Å²) < 4.78 is 30.9. The Morgan fingerprint density at radius 2 is 1.72 bits per heavy atom. The van der Waals surface area contributed by atoms with E-state index in [2.05, 4.69) is 0 Å². The van der Waals surface area contributed by atoms with Crippen LogP contribution in [0.15, 0.2) is 30.3 Å². The number of nitrogens with zero attached hydrogens (tertiary/aromatic N) is 1. The Hall–Kier alpha value is -1.40. The summed E-state index contributed by atoms with van der Waals surface area (Å²) in [6.45, 7) is 0.719. The summed E-state index contributed by atoms with van der Waals surface area (Å²) in [6.07, 6.45) is 0.578. The lowest BCUT2D eigenvalue weighted by Crippen LogP contribution is -2.42. The zero-order valence-corrected chi connectivity index (χ0v) is 10.6. The largest absolute Gasteiger partial charge is 0.339 e. The molecule has 1 N–H and O–H groups in total. The van der Waals surface area contributed by atoms with Crippen LogP contribution in [0.1, 0.15) is 23.2 Å². The number of likely N-dealkylation sites (tertiary alicyclic amines) is 1. The number of rotatable bonds is 2. The molecule has 5 nitrogen and oxygen atoms in total. The lowest BCUT2D eigenvalue weighted by Gasteiger charge is -2.30. The summed E-state index contributed by atoms with van der Waals surface area (Å²) in [4.78, 5) is 13.7. The molecular formula is C12H15NO4S. The molecule has 1 saturated heterocycles. The predicted octanol–water partition coefficient (Wildman–Crippen LogP) is 1.18. The van der Waals surface area contributed by atoms with Crippen LogP contribution >= 0.6 is 0 Å². The van der Waals surface area contributed by atoms with Gasteiger partial charge in [0.1, 0.15) is 0 Å². The second-order valence-electron chi connectivity index (χ2n) is 4.37. The van der Waals surface area contributed by atoms with E-state index in [1.165, 1.54) is 0 Å². The normalized spacial score (nSPS) is 17.7. The maximum Gasteiger partial charge on any atom is 0.267 e. The van der Waals surface area contributed by atoms with Gasteiger partial charge in [0.15, 0.2) is 0 Å². The van der Waals surface area contributed by atoms with Crippen LogP contribution in [0.5, 0.6) is 0 Å². The molecule has 1 aliphatic rings. The zero-order chi connectivity index (χ0) is 13.2. The molecule has 0 atom stereocenters. The molecule has 1 aliphatic heterocycles. The fraction of sp³-hybridized carbons (Fsp3) is 0.417. The molecule has 0 bridgehead atoms. The topological polar surface area (TPSA) is 74.7 Å². The Balaban J connectivity index is 2.01. The third kappa shape index (κ3) is 2.88. The van der Waals surface area contributed by atoms with Crippen LogP contribution < -0.4 is 0 Å². The smallest absolute Gasteiger partial charge is 0.267 e. The van der Waals surface area contributed by atoms with Crippen LogP contribution in [-0.4, -0.2) is 42.1 Å².